The van der Waals surface area contributed by atoms with Gasteiger partial charge in [-0.15, -0.1) is 0 Å². The number of nitrogens with zero attached hydrogens (tertiary/aromatic N) is 1. The Balaban J connectivity index is 2.46. The fraction of sp³-hybridized carbons (Fsp3) is 0.154. The van der Waals surface area contributed by atoms with E-state index in [1.54, 1.807) is 26.0 Å². The van der Waals surface area contributed by atoms with Crippen LogP contribution in [-0.4, -0.2) is 13.4 Å². The van der Waals surface area contributed by atoms with Gasteiger partial charge >= 0.3 is 0 Å². The summed E-state index contributed by atoms with van der Waals surface area (Å²) in [7, 11) is -3.70. The van der Waals surface area contributed by atoms with E-state index >= 15 is 0 Å². The number of benzene rings is 1. The molecule has 0 atom stereocenters. The third-order valence-electron chi connectivity index (χ3n) is 2.73. The molecule has 0 radical (unpaired) electrons. The highest BCUT2D eigenvalue weighted by Gasteiger charge is 2.20. The summed E-state index contributed by atoms with van der Waals surface area (Å²) in [4.78, 5) is 4.03. The molecule has 1 aromatic heterocycles. The van der Waals surface area contributed by atoms with E-state index in [0.717, 1.165) is 0 Å². The standard InChI is InChI=1S/C13H14ClN3O2S/c1-8-5-10(15)6-9(2)13(8)20(18,19)17-11-3-4-16-12(14)7-11/h3-7H,15H2,1-2H3,(H,16,17). The third kappa shape index (κ3) is 3.02. The zero-order valence-electron chi connectivity index (χ0n) is 11.0. The molecule has 0 spiro atoms. The molecule has 0 saturated carbocycles. The number of rotatable bonds is 3. The van der Waals surface area contributed by atoms with Crippen LogP contribution in [0.4, 0.5) is 11.4 Å². The molecule has 0 unspecified atom stereocenters. The highest BCUT2D eigenvalue weighted by atomic mass is 35.5. The topological polar surface area (TPSA) is 85.1 Å². The molecule has 1 heterocycles. The van der Waals surface area contributed by atoms with E-state index < -0.39 is 10.0 Å². The molecular weight excluding hydrogens is 298 g/mol. The first-order valence-electron chi connectivity index (χ1n) is 5.81. The van der Waals surface area contributed by atoms with Crippen molar-refractivity contribution in [2.75, 3.05) is 10.5 Å². The average molecular weight is 312 g/mol. The van der Waals surface area contributed by atoms with Gasteiger partial charge in [-0.25, -0.2) is 13.4 Å². The second kappa shape index (κ2) is 5.30. The molecule has 0 fully saturated rings. The lowest BCUT2D eigenvalue weighted by Gasteiger charge is -2.13. The molecular formula is C13H14ClN3O2S. The summed E-state index contributed by atoms with van der Waals surface area (Å²) in [6.07, 6.45) is 1.43. The number of pyridine rings is 1. The molecule has 0 amide bonds. The summed E-state index contributed by atoms with van der Waals surface area (Å²) >= 11 is 5.74. The van der Waals surface area contributed by atoms with Crippen LogP contribution in [0.5, 0.6) is 0 Å². The van der Waals surface area contributed by atoms with Gasteiger partial charge in [0.1, 0.15) is 5.15 Å². The number of aryl methyl sites for hydroxylation is 2. The van der Waals surface area contributed by atoms with Crippen molar-refractivity contribution in [2.45, 2.75) is 18.7 Å². The number of hydrogen-bond donors (Lipinski definition) is 2. The number of nitrogen functional groups attached to an aromatic ring is 1. The van der Waals surface area contributed by atoms with Gasteiger partial charge in [0.15, 0.2) is 0 Å². The normalized spacial score (nSPS) is 11.3. The number of halogens is 1. The van der Waals surface area contributed by atoms with Crippen LogP contribution in [0.15, 0.2) is 35.4 Å². The van der Waals surface area contributed by atoms with E-state index in [1.165, 1.54) is 18.3 Å². The first kappa shape index (κ1) is 14.6. The fourth-order valence-electron chi connectivity index (χ4n) is 2.08. The van der Waals surface area contributed by atoms with Gasteiger partial charge in [0, 0.05) is 11.9 Å². The van der Waals surface area contributed by atoms with Crippen LogP contribution in [0.3, 0.4) is 0 Å². The zero-order chi connectivity index (χ0) is 14.9. The summed E-state index contributed by atoms with van der Waals surface area (Å²) in [5, 5.41) is 0.218. The Kier molecular flexibility index (Phi) is 3.87. The predicted molar refractivity (Wildman–Crippen MR) is 80.4 cm³/mol. The fourth-order valence-corrected chi connectivity index (χ4v) is 3.76. The lowest BCUT2D eigenvalue weighted by molar-refractivity contribution is 0.600. The Morgan fingerprint density at radius 2 is 1.80 bits per heavy atom. The molecule has 3 N–H and O–H groups in total. The number of sulfonamides is 1. The van der Waals surface area contributed by atoms with Crippen LogP contribution >= 0.6 is 11.6 Å². The van der Waals surface area contributed by atoms with Crippen molar-refractivity contribution in [3.63, 3.8) is 0 Å². The van der Waals surface area contributed by atoms with Crippen molar-refractivity contribution in [1.29, 1.82) is 0 Å². The lowest BCUT2D eigenvalue weighted by Crippen LogP contribution is -2.16. The number of nitrogens with one attached hydrogen (secondary N) is 1. The molecule has 2 aromatic rings. The van der Waals surface area contributed by atoms with E-state index in [4.69, 9.17) is 17.3 Å². The molecule has 0 aliphatic carbocycles. The third-order valence-corrected chi connectivity index (χ3v) is 4.62. The van der Waals surface area contributed by atoms with Crippen molar-refractivity contribution in [3.8, 4) is 0 Å². The van der Waals surface area contributed by atoms with Gasteiger partial charge in [0.05, 0.1) is 10.6 Å². The van der Waals surface area contributed by atoms with Gasteiger partial charge in [-0.2, -0.15) is 0 Å². The Labute approximate surface area is 122 Å². The summed E-state index contributed by atoms with van der Waals surface area (Å²) in [6.45, 7) is 3.41. The predicted octanol–water partition coefficient (Wildman–Crippen LogP) is 2.73. The summed E-state index contributed by atoms with van der Waals surface area (Å²) < 4.78 is 27.4. The number of anilines is 2. The molecule has 0 aliphatic heterocycles. The molecule has 2 rings (SSSR count). The van der Waals surface area contributed by atoms with Crippen LogP contribution in [0.25, 0.3) is 0 Å². The van der Waals surface area contributed by atoms with E-state index in [1.807, 2.05) is 0 Å². The largest absolute Gasteiger partial charge is 0.399 e. The molecule has 0 saturated heterocycles. The second-order valence-corrected chi connectivity index (χ2v) is 6.46. The minimum Gasteiger partial charge on any atom is -0.399 e. The minimum atomic E-state index is -3.70. The van der Waals surface area contributed by atoms with Gasteiger partial charge in [0.25, 0.3) is 10.0 Å². The lowest BCUT2D eigenvalue weighted by atomic mass is 10.1. The smallest absolute Gasteiger partial charge is 0.262 e. The van der Waals surface area contributed by atoms with Gasteiger partial charge in [-0.05, 0) is 49.2 Å². The van der Waals surface area contributed by atoms with Gasteiger partial charge in [-0.1, -0.05) is 11.6 Å². The van der Waals surface area contributed by atoms with Gasteiger partial charge < -0.3 is 5.73 Å². The first-order valence-corrected chi connectivity index (χ1v) is 7.67. The summed E-state index contributed by atoms with van der Waals surface area (Å²) in [6, 6.07) is 6.23. The van der Waals surface area contributed by atoms with Crippen LogP contribution < -0.4 is 10.5 Å². The minimum absolute atomic E-state index is 0.218. The van der Waals surface area contributed by atoms with Crippen LogP contribution in [0.1, 0.15) is 11.1 Å². The average Bonchev–Trinajstić information content (AvgIpc) is 2.25. The Hall–Kier alpha value is -1.79. The summed E-state index contributed by atoms with van der Waals surface area (Å²) in [5.74, 6) is 0. The summed E-state index contributed by atoms with van der Waals surface area (Å²) in [5.41, 5.74) is 7.78. The molecule has 5 nitrogen and oxygen atoms in total. The van der Waals surface area contributed by atoms with Crippen molar-refractivity contribution < 1.29 is 8.42 Å². The number of aromatic nitrogens is 1. The molecule has 0 aliphatic rings. The maximum absolute atomic E-state index is 12.5. The highest BCUT2D eigenvalue weighted by molar-refractivity contribution is 7.92. The van der Waals surface area contributed by atoms with Crippen molar-refractivity contribution in [3.05, 3.63) is 46.7 Å². The number of hydrogen-bond acceptors (Lipinski definition) is 4. The van der Waals surface area contributed by atoms with Crippen LogP contribution in [0, 0.1) is 13.8 Å². The monoisotopic (exact) mass is 311 g/mol. The quantitative estimate of drug-likeness (QED) is 0.674. The van der Waals surface area contributed by atoms with Gasteiger partial charge in [-0.3, -0.25) is 4.72 Å². The second-order valence-electron chi connectivity index (χ2n) is 4.46. The van der Waals surface area contributed by atoms with Crippen molar-refractivity contribution in [2.24, 2.45) is 0 Å². The van der Waals surface area contributed by atoms with Gasteiger partial charge in [0.2, 0.25) is 0 Å². The molecule has 7 heteroatoms. The first-order chi connectivity index (χ1) is 9.29. The Morgan fingerprint density at radius 3 is 2.35 bits per heavy atom. The van der Waals surface area contributed by atoms with Crippen LogP contribution in [0.2, 0.25) is 5.15 Å². The maximum Gasteiger partial charge on any atom is 0.262 e. The SMILES string of the molecule is Cc1cc(N)cc(C)c1S(=O)(=O)Nc1ccnc(Cl)c1. The molecule has 1 aromatic carbocycles. The Bertz CT molecular complexity index is 737. The van der Waals surface area contributed by atoms with E-state index in [9.17, 15) is 8.42 Å². The van der Waals surface area contributed by atoms with E-state index in [2.05, 4.69) is 9.71 Å². The number of nitrogens with two attached hydrogens (primary N) is 1. The molecule has 20 heavy (non-hydrogen) atoms. The highest BCUT2D eigenvalue weighted by Crippen LogP contribution is 2.25. The Morgan fingerprint density at radius 1 is 1.20 bits per heavy atom. The van der Waals surface area contributed by atoms with E-state index in [-0.39, 0.29) is 10.0 Å². The maximum atomic E-state index is 12.5. The van der Waals surface area contributed by atoms with Crippen molar-refractivity contribution in [1.82, 2.24) is 4.98 Å². The molecule has 106 valence electrons. The molecule has 0 bridgehead atoms. The van der Waals surface area contributed by atoms with Crippen molar-refractivity contribution >= 4 is 33.0 Å². The zero-order valence-corrected chi connectivity index (χ0v) is 12.6. The van der Waals surface area contributed by atoms with Crippen LogP contribution in [-0.2, 0) is 10.0 Å². The van der Waals surface area contributed by atoms with E-state index in [0.29, 0.717) is 22.5 Å².